The summed E-state index contributed by atoms with van der Waals surface area (Å²) in [6.07, 6.45) is 1.75. The van der Waals surface area contributed by atoms with E-state index < -0.39 is 0 Å². The lowest BCUT2D eigenvalue weighted by atomic mass is 10.2. The highest BCUT2D eigenvalue weighted by atomic mass is 16.1. The van der Waals surface area contributed by atoms with Crippen molar-refractivity contribution in [3.05, 3.63) is 40.8 Å². The Balaban J connectivity index is 2.60. The van der Waals surface area contributed by atoms with Crippen LogP contribution in [0.25, 0.3) is 10.8 Å². The summed E-state index contributed by atoms with van der Waals surface area (Å²) in [6.45, 7) is 4.82. The number of aromatic nitrogens is 2. The van der Waals surface area contributed by atoms with E-state index in [1.807, 2.05) is 24.3 Å². The number of hydrogen-bond acceptors (Lipinski definition) is 2. The molecule has 0 bridgehead atoms. The van der Waals surface area contributed by atoms with Gasteiger partial charge in [-0.1, -0.05) is 32.0 Å². The maximum Gasteiger partial charge on any atom is 0.274 e. The van der Waals surface area contributed by atoms with E-state index in [-0.39, 0.29) is 5.56 Å². The van der Waals surface area contributed by atoms with Gasteiger partial charge in [0.25, 0.3) is 5.56 Å². The lowest BCUT2D eigenvalue weighted by Crippen LogP contribution is -2.24. The summed E-state index contributed by atoms with van der Waals surface area (Å²) in [7, 11) is 0. The van der Waals surface area contributed by atoms with Gasteiger partial charge in [0, 0.05) is 11.9 Å². The zero-order chi connectivity index (χ0) is 10.8. The topological polar surface area (TPSA) is 34.9 Å². The van der Waals surface area contributed by atoms with Crippen LogP contribution in [-0.4, -0.2) is 9.78 Å². The van der Waals surface area contributed by atoms with Gasteiger partial charge in [0.1, 0.15) is 0 Å². The first-order chi connectivity index (χ1) is 7.18. The second-order valence-corrected chi connectivity index (χ2v) is 4.11. The lowest BCUT2D eigenvalue weighted by molar-refractivity contribution is 0.467. The Hall–Kier alpha value is -1.64. The average Bonchev–Trinajstić information content (AvgIpc) is 2.22. The van der Waals surface area contributed by atoms with Gasteiger partial charge in [0.15, 0.2) is 0 Å². The SMILES string of the molecule is CC(C)Cn1ncc2ccccc2c1=O. The Bertz CT molecular complexity index is 528. The number of benzene rings is 1. The van der Waals surface area contributed by atoms with Crippen molar-refractivity contribution < 1.29 is 0 Å². The molecule has 15 heavy (non-hydrogen) atoms. The predicted molar refractivity (Wildman–Crippen MR) is 60.8 cm³/mol. The standard InChI is InChI=1S/C12H14N2O/c1-9(2)8-14-12(15)11-6-4-3-5-10(11)7-13-14/h3-7,9H,8H2,1-2H3. The molecule has 1 aromatic carbocycles. The molecule has 0 atom stereocenters. The molecule has 0 amide bonds. The monoisotopic (exact) mass is 202 g/mol. The van der Waals surface area contributed by atoms with Crippen LogP contribution in [0.3, 0.4) is 0 Å². The maximum atomic E-state index is 12.0. The summed E-state index contributed by atoms with van der Waals surface area (Å²) in [5, 5.41) is 5.80. The molecule has 0 spiro atoms. The first kappa shape index (κ1) is 9.90. The van der Waals surface area contributed by atoms with Crippen LogP contribution in [0.2, 0.25) is 0 Å². The van der Waals surface area contributed by atoms with Crippen molar-refractivity contribution in [1.82, 2.24) is 9.78 Å². The molecular weight excluding hydrogens is 188 g/mol. The van der Waals surface area contributed by atoms with Crippen molar-refractivity contribution in [2.75, 3.05) is 0 Å². The molecule has 1 aromatic heterocycles. The Morgan fingerprint density at radius 1 is 1.33 bits per heavy atom. The van der Waals surface area contributed by atoms with Crippen molar-refractivity contribution in [3.63, 3.8) is 0 Å². The minimum atomic E-state index is 0.00167. The number of nitrogens with zero attached hydrogens (tertiary/aromatic N) is 2. The van der Waals surface area contributed by atoms with Gasteiger partial charge < -0.3 is 0 Å². The largest absolute Gasteiger partial charge is 0.274 e. The molecule has 0 saturated heterocycles. The third-order valence-corrected chi connectivity index (χ3v) is 2.30. The van der Waals surface area contributed by atoms with E-state index >= 15 is 0 Å². The molecule has 3 nitrogen and oxygen atoms in total. The lowest BCUT2D eigenvalue weighted by Gasteiger charge is -2.07. The fourth-order valence-electron chi connectivity index (χ4n) is 1.60. The van der Waals surface area contributed by atoms with Crippen LogP contribution in [0.15, 0.2) is 35.3 Å². The minimum Gasteiger partial charge on any atom is -0.267 e. The van der Waals surface area contributed by atoms with Crippen molar-refractivity contribution >= 4 is 10.8 Å². The second-order valence-electron chi connectivity index (χ2n) is 4.11. The Labute approximate surface area is 88.4 Å². The Morgan fingerprint density at radius 2 is 2.07 bits per heavy atom. The van der Waals surface area contributed by atoms with Gasteiger partial charge in [-0.2, -0.15) is 5.10 Å². The van der Waals surface area contributed by atoms with Gasteiger partial charge in [-0.15, -0.1) is 0 Å². The molecule has 0 aliphatic rings. The van der Waals surface area contributed by atoms with Gasteiger partial charge in [0.05, 0.1) is 11.6 Å². The summed E-state index contributed by atoms with van der Waals surface area (Å²) in [4.78, 5) is 12.0. The Kier molecular flexibility index (Phi) is 2.54. The summed E-state index contributed by atoms with van der Waals surface area (Å²) in [6, 6.07) is 7.54. The summed E-state index contributed by atoms with van der Waals surface area (Å²) < 4.78 is 1.53. The molecule has 3 heteroatoms. The smallest absolute Gasteiger partial charge is 0.267 e. The molecule has 0 saturated carbocycles. The maximum absolute atomic E-state index is 12.0. The molecule has 1 heterocycles. The summed E-state index contributed by atoms with van der Waals surface area (Å²) in [5.74, 6) is 0.427. The summed E-state index contributed by atoms with van der Waals surface area (Å²) in [5.41, 5.74) is 0.00167. The zero-order valence-corrected chi connectivity index (χ0v) is 8.97. The molecule has 0 N–H and O–H groups in total. The third kappa shape index (κ3) is 1.91. The van der Waals surface area contributed by atoms with Gasteiger partial charge >= 0.3 is 0 Å². The van der Waals surface area contributed by atoms with Gasteiger partial charge in [0.2, 0.25) is 0 Å². The molecule has 0 aliphatic carbocycles. The van der Waals surface area contributed by atoms with E-state index in [9.17, 15) is 4.79 Å². The van der Waals surface area contributed by atoms with Gasteiger partial charge in [-0.25, -0.2) is 4.68 Å². The van der Waals surface area contributed by atoms with E-state index in [1.165, 1.54) is 4.68 Å². The fraction of sp³-hybridized carbons (Fsp3) is 0.333. The molecule has 0 radical (unpaired) electrons. The van der Waals surface area contributed by atoms with E-state index in [4.69, 9.17) is 0 Å². The minimum absolute atomic E-state index is 0.00167. The van der Waals surface area contributed by atoms with Crippen molar-refractivity contribution in [1.29, 1.82) is 0 Å². The van der Waals surface area contributed by atoms with Crippen molar-refractivity contribution in [2.45, 2.75) is 20.4 Å². The molecule has 0 aliphatic heterocycles. The van der Waals surface area contributed by atoms with Gasteiger partial charge in [-0.05, 0) is 12.0 Å². The number of rotatable bonds is 2. The van der Waals surface area contributed by atoms with E-state index in [2.05, 4.69) is 18.9 Å². The van der Waals surface area contributed by atoms with Crippen molar-refractivity contribution in [2.24, 2.45) is 5.92 Å². The van der Waals surface area contributed by atoms with Crippen LogP contribution in [0.4, 0.5) is 0 Å². The molecule has 0 unspecified atom stereocenters. The van der Waals surface area contributed by atoms with Crippen LogP contribution < -0.4 is 5.56 Å². The molecule has 78 valence electrons. The van der Waals surface area contributed by atoms with E-state index in [1.54, 1.807) is 6.20 Å². The van der Waals surface area contributed by atoms with Crippen LogP contribution in [0, 0.1) is 5.92 Å². The van der Waals surface area contributed by atoms with Crippen LogP contribution >= 0.6 is 0 Å². The highest BCUT2D eigenvalue weighted by molar-refractivity contribution is 5.80. The first-order valence-electron chi connectivity index (χ1n) is 5.13. The molecule has 2 rings (SSSR count). The molecule has 2 aromatic rings. The van der Waals surface area contributed by atoms with Gasteiger partial charge in [-0.3, -0.25) is 4.79 Å². The quantitative estimate of drug-likeness (QED) is 0.747. The fourth-order valence-corrected chi connectivity index (χ4v) is 1.60. The normalized spacial score (nSPS) is 11.1. The van der Waals surface area contributed by atoms with Crippen LogP contribution in [0.1, 0.15) is 13.8 Å². The van der Waals surface area contributed by atoms with E-state index in [0.29, 0.717) is 12.5 Å². The molecular formula is C12H14N2O. The second kappa shape index (κ2) is 3.85. The van der Waals surface area contributed by atoms with Crippen molar-refractivity contribution in [3.8, 4) is 0 Å². The average molecular weight is 202 g/mol. The van der Waals surface area contributed by atoms with Crippen LogP contribution in [-0.2, 0) is 6.54 Å². The third-order valence-electron chi connectivity index (χ3n) is 2.30. The summed E-state index contributed by atoms with van der Waals surface area (Å²) >= 11 is 0. The number of hydrogen-bond donors (Lipinski definition) is 0. The Morgan fingerprint density at radius 3 is 2.80 bits per heavy atom. The number of fused-ring (bicyclic) bond motifs is 1. The first-order valence-corrected chi connectivity index (χ1v) is 5.13. The highest BCUT2D eigenvalue weighted by Gasteiger charge is 2.04. The highest BCUT2D eigenvalue weighted by Crippen LogP contribution is 2.06. The zero-order valence-electron chi connectivity index (χ0n) is 8.97. The predicted octanol–water partition coefficient (Wildman–Crippen LogP) is 2.05. The van der Waals surface area contributed by atoms with E-state index in [0.717, 1.165) is 10.8 Å². The molecule has 0 fully saturated rings. The van der Waals surface area contributed by atoms with Crippen LogP contribution in [0.5, 0.6) is 0 Å².